The number of hydrogen-bond acceptors (Lipinski definition) is 2. The van der Waals surface area contributed by atoms with Gasteiger partial charge >= 0.3 is 7.12 Å². The van der Waals surface area contributed by atoms with Crippen LogP contribution in [0.4, 0.5) is 8.78 Å². The Morgan fingerprint density at radius 3 is 1.74 bits per heavy atom. The van der Waals surface area contributed by atoms with E-state index in [1.807, 2.05) is 27.7 Å². The maximum atomic E-state index is 13.5. The molecule has 1 aliphatic heterocycles. The normalized spacial score (nSPS) is 20.2. The van der Waals surface area contributed by atoms with Crippen LogP contribution >= 0.6 is 0 Å². The molecule has 1 aliphatic rings. The van der Waals surface area contributed by atoms with Gasteiger partial charge in [-0.2, -0.15) is 6.92 Å². The fourth-order valence-electron chi connectivity index (χ4n) is 1.74. The van der Waals surface area contributed by atoms with E-state index in [0.717, 1.165) is 0 Å². The van der Waals surface area contributed by atoms with Crippen molar-refractivity contribution in [2.45, 2.75) is 38.9 Å². The van der Waals surface area contributed by atoms with Gasteiger partial charge in [0.2, 0.25) is 0 Å². The van der Waals surface area contributed by atoms with Gasteiger partial charge in [0.15, 0.2) is 0 Å². The van der Waals surface area contributed by atoms with Crippen LogP contribution in [0.2, 0.25) is 0 Å². The Labute approximate surface area is 127 Å². The Hall–Kier alpha value is -0.377. The summed E-state index contributed by atoms with van der Waals surface area (Å²) in [5.41, 5.74) is -0.979. The Balaban J connectivity index is 0.00000180. The van der Waals surface area contributed by atoms with Crippen LogP contribution < -0.4 is 5.46 Å². The molecule has 2 nitrogen and oxygen atoms in total. The van der Waals surface area contributed by atoms with Crippen LogP contribution in [0.3, 0.4) is 0 Å². The number of halogens is 2. The van der Waals surface area contributed by atoms with Crippen molar-refractivity contribution in [1.29, 1.82) is 0 Å². The second-order valence-corrected chi connectivity index (χ2v) is 5.55. The average molecular weight is 349 g/mol. The summed E-state index contributed by atoms with van der Waals surface area (Å²) >= 11 is 0. The number of benzene rings is 1. The van der Waals surface area contributed by atoms with Gasteiger partial charge < -0.3 is 9.31 Å². The summed E-state index contributed by atoms with van der Waals surface area (Å²) in [6.45, 7) is 10.9. The summed E-state index contributed by atoms with van der Waals surface area (Å²) in [6.07, 6.45) is 0. The summed E-state index contributed by atoms with van der Waals surface area (Å²) in [5.74, 6) is -1.39. The van der Waals surface area contributed by atoms with Gasteiger partial charge in [-0.25, -0.2) is 0 Å². The molecule has 2 rings (SSSR count). The molecule has 104 valence electrons. The zero-order chi connectivity index (χ0) is 13.7. The quantitative estimate of drug-likeness (QED) is 0.573. The molecule has 1 saturated heterocycles. The van der Waals surface area contributed by atoms with Gasteiger partial charge in [-0.05, 0) is 33.2 Å². The van der Waals surface area contributed by atoms with E-state index in [4.69, 9.17) is 9.31 Å². The maximum absolute atomic E-state index is 13.5. The van der Waals surface area contributed by atoms with Crippen molar-refractivity contribution in [2.24, 2.45) is 0 Å². The van der Waals surface area contributed by atoms with Crippen molar-refractivity contribution in [3.05, 3.63) is 36.3 Å². The van der Waals surface area contributed by atoms with Crippen LogP contribution in [0.15, 0.2) is 12.1 Å². The second-order valence-electron chi connectivity index (χ2n) is 5.55. The van der Waals surface area contributed by atoms with Gasteiger partial charge in [0, 0.05) is 32.7 Å². The first-order valence-electron chi connectivity index (χ1n) is 5.80. The first-order valence-corrected chi connectivity index (χ1v) is 5.80. The van der Waals surface area contributed by atoms with Crippen LogP contribution in [-0.2, 0) is 30.4 Å². The molecule has 0 amide bonds. The van der Waals surface area contributed by atoms with Crippen molar-refractivity contribution in [2.75, 3.05) is 0 Å². The van der Waals surface area contributed by atoms with Crippen molar-refractivity contribution >= 4 is 12.6 Å². The second kappa shape index (κ2) is 5.19. The zero-order valence-corrected chi connectivity index (χ0v) is 13.4. The first-order chi connectivity index (χ1) is 8.14. The van der Waals surface area contributed by atoms with E-state index in [9.17, 15) is 8.78 Å². The molecule has 0 aromatic heterocycles. The van der Waals surface area contributed by atoms with Crippen LogP contribution in [0, 0.1) is 18.6 Å². The molecule has 1 fully saturated rings. The molecule has 1 aromatic rings. The molecule has 0 atom stereocenters. The minimum atomic E-state index is -0.764. The average Bonchev–Trinajstić information content (AvgIpc) is 2.44. The molecule has 0 radical (unpaired) electrons. The Kier molecular flexibility index (Phi) is 4.56. The number of hydrogen-bond donors (Lipinski definition) is 0. The largest absolute Gasteiger partial charge is 0.492 e. The third kappa shape index (κ3) is 2.88. The molecule has 19 heavy (non-hydrogen) atoms. The monoisotopic (exact) mass is 351 g/mol. The van der Waals surface area contributed by atoms with Crippen molar-refractivity contribution in [3.63, 3.8) is 0 Å². The van der Waals surface area contributed by atoms with Crippen LogP contribution in [0.1, 0.15) is 33.3 Å². The van der Waals surface area contributed by atoms with Crippen molar-refractivity contribution in [3.8, 4) is 0 Å². The van der Waals surface area contributed by atoms with Crippen molar-refractivity contribution < 1.29 is 39.2 Å². The van der Waals surface area contributed by atoms with Crippen LogP contribution in [-0.4, -0.2) is 18.3 Å². The molecule has 6 heteroatoms. The smallest absolute Gasteiger partial charge is 0.399 e. The fourth-order valence-corrected chi connectivity index (χ4v) is 1.74. The zero-order valence-electron chi connectivity index (χ0n) is 11.4. The summed E-state index contributed by atoms with van der Waals surface area (Å²) in [6, 6.07) is 2.40. The molecule has 0 bridgehead atoms. The molecule has 0 spiro atoms. The van der Waals surface area contributed by atoms with E-state index in [-0.39, 0.29) is 26.6 Å². The van der Waals surface area contributed by atoms with E-state index in [1.165, 1.54) is 12.1 Å². The predicted octanol–water partition coefficient (Wildman–Crippen LogP) is 2.44. The molecular weight excluding hydrogens is 333 g/mol. The Morgan fingerprint density at radius 1 is 1.00 bits per heavy atom. The molecule has 0 saturated carbocycles. The SMILES string of the molecule is [CH2-]c1c(F)cc(B2OC(C)(C)C(C)(C)O2)cc1F.[Mo]. The molecule has 1 heterocycles. The van der Waals surface area contributed by atoms with E-state index < -0.39 is 30.0 Å². The molecular formula is C13H16BF2MoO2-. The number of rotatable bonds is 1. The van der Waals surface area contributed by atoms with Crippen LogP contribution in [0.5, 0.6) is 0 Å². The summed E-state index contributed by atoms with van der Waals surface area (Å²) in [7, 11) is -0.764. The van der Waals surface area contributed by atoms with E-state index in [1.54, 1.807) is 0 Å². The minimum absolute atomic E-state index is 0. The van der Waals surface area contributed by atoms with Gasteiger partial charge in [-0.3, -0.25) is 8.78 Å². The Bertz CT molecular complexity index is 453. The molecule has 0 aliphatic carbocycles. The van der Waals surface area contributed by atoms with Gasteiger partial charge in [0.05, 0.1) is 11.2 Å². The molecule has 0 N–H and O–H groups in total. The van der Waals surface area contributed by atoms with Gasteiger partial charge in [0.25, 0.3) is 0 Å². The topological polar surface area (TPSA) is 18.5 Å². The molecule has 1 aromatic carbocycles. The summed E-state index contributed by atoms with van der Waals surface area (Å²) in [4.78, 5) is 0. The first kappa shape index (κ1) is 16.7. The van der Waals surface area contributed by atoms with E-state index in [2.05, 4.69) is 6.92 Å². The third-order valence-corrected chi connectivity index (χ3v) is 3.69. The molecule has 0 unspecified atom stereocenters. The fraction of sp³-hybridized carbons (Fsp3) is 0.462. The van der Waals surface area contributed by atoms with Crippen LogP contribution in [0.25, 0.3) is 0 Å². The summed E-state index contributed by atoms with van der Waals surface area (Å²) < 4.78 is 38.4. The maximum Gasteiger partial charge on any atom is 0.492 e. The predicted molar refractivity (Wildman–Crippen MR) is 66.5 cm³/mol. The Morgan fingerprint density at radius 2 is 1.37 bits per heavy atom. The van der Waals surface area contributed by atoms with Gasteiger partial charge in [-0.1, -0.05) is 12.1 Å². The van der Waals surface area contributed by atoms with Gasteiger partial charge in [0.1, 0.15) is 0 Å². The minimum Gasteiger partial charge on any atom is -0.399 e. The van der Waals surface area contributed by atoms with E-state index >= 15 is 0 Å². The van der Waals surface area contributed by atoms with E-state index in [0.29, 0.717) is 5.46 Å². The van der Waals surface area contributed by atoms with Crippen molar-refractivity contribution in [1.82, 2.24) is 0 Å². The summed E-state index contributed by atoms with van der Waals surface area (Å²) in [5, 5.41) is 0. The van der Waals surface area contributed by atoms with Gasteiger partial charge in [-0.15, -0.1) is 5.56 Å². The standard InChI is InChI=1S/C13H16BF2O2.Mo/c1-8-10(15)6-9(7-11(8)16)14-17-12(2,3)13(4,5)18-14;/h6-7H,1H2,2-5H3;/q-1;. The third-order valence-electron chi connectivity index (χ3n) is 3.69.